The number of ether oxygens (including phenoxy) is 2. The first-order valence-electron chi connectivity index (χ1n) is 23.7. The summed E-state index contributed by atoms with van der Waals surface area (Å²) in [5, 5.41) is 0. The molecule has 0 saturated heterocycles. The number of phosphoric ester groups is 1. The summed E-state index contributed by atoms with van der Waals surface area (Å²) >= 11 is 0. The van der Waals surface area contributed by atoms with Gasteiger partial charge in [0.15, 0.2) is 6.10 Å². The second-order valence-corrected chi connectivity index (χ2v) is 18.5. The molecule has 0 N–H and O–H groups in total. The number of carbonyl (C=O) groups excluding carboxylic acids is 2. The number of rotatable bonds is 43. The summed E-state index contributed by atoms with van der Waals surface area (Å²) in [4.78, 5) is 37.6. The molecule has 340 valence electrons. The maximum Gasteiger partial charge on any atom is 0.306 e. The number of nitrogens with zero attached hydrogens (tertiary/aromatic N) is 1. The summed E-state index contributed by atoms with van der Waals surface area (Å²) < 4.78 is 33.9. The average molecular weight is 840 g/mol. The zero-order valence-corrected chi connectivity index (χ0v) is 39.1. The van der Waals surface area contributed by atoms with Crippen molar-refractivity contribution in [2.75, 3.05) is 47.5 Å². The van der Waals surface area contributed by atoms with E-state index in [1.165, 1.54) is 103 Å². The van der Waals surface area contributed by atoms with Crippen LogP contribution in [0, 0.1) is 0 Å². The highest BCUT2D eigenvalue weighted by molar-refractivity contribution is 7.45. The Labute approximate surface area is 357 Å². The third-order valence-electron chi connectivity index (χ3n) is 10.1. The van der Waals surface area contributed by atoms with Crippen molar-refractivity contribution in [2.24, 2.45) is 0 Å². The van der Waals surface area contributed by atoms with Crippen LogP contribution in [0.3, 0.4) is 0 Å². The number of carbonyl (C=O) groups is 2. The van der Waals surface area contributed by atoms with Gasteiger partial charge in [-0.05, 0) is 70.6 Å². The Kier molecular flexibility index (Phi) is 39.4. The van der Waals surface area contributed by atoms with E-state index in [4.69, 9.17) is 18.5 Å². The SMILES string of the molecule is CCCCC/C=C\C/C=C\CCCCCCCC(=O)O[C@H](COC(=O)CCCCCCCCC/C=C\CCCCCCCCCC)COP(=O)([O-])OCC[N+](C)(C)C. The highest BCUT2D eigenvalue weighted by atomic mass is 31.2. The average Bonchev–Trinajstić information content (AvgIpc) is 3.17. The van der Waals surface area contributed by atoms with Crippen LogP contribution in [0.5, 0.6) is 0 Å². The van der Waals surface area contributed by atoms with Crippen LogP contribution in [0.15, 0.2) is 36.5 Å². The molecule has 2 atom stereocenters. The molecule has 0 saturated carbocycles. The zero-order chi connectivity index (χ0) is 42.8. The molecule has 0 heterocycles. The fourth-order valence-electron chi connectivity index (χ4n) is 6.39. The summed E-state index contributed by atoms with van der Waals surface area (Å²) in [7, 11) is 1.15. The Morgan fingerprint density at radius 1 is 0.534 bits per heavy atom. The molecule has 0 fully saturated rings. The normalized spacial score (nSPS) is 13.8. The molecule has 0 aliphatic carbocycles. The summed E-state index contributed by atoms with van der Waals surface area (Å²) in [5.41, 5.74) is 0. The molecule has 0 aliphatic rings. The maximum atomic E-state index is 12.7. The van der Waals surface area contributed by atoms with Gasteiger partial charge in [0.1, 0.15) is 19.8 Å². The molecule has 0 amide bonds. The van der Waals surface area contributed by atoms with Crippen molar-refractivity contribution in [3.05, 3.63) is 36.5 Å². The Morgan fingerprint density at radius 3 is 1.41 bits per heavy atom. The van der Waals surface area contributed by atoms with Crippen molar-refractivity contribution in [1.29, 1.82) is 0 Å². The van der Waals surface area contributed by atoms with Crippen LogP contribution >= 0.6 is 7.82 Å². The Hall–Kier alpha value is -1.77. The number of hydrogen-bond donors (Lipinski definition) is 0. The molecule has 0 radical (unpaired) electrons. The van der Waals surface area contributed by atoms with E-state index >= 15 is 0 Å². The van der Waals surface area contributed by atoms with Crippen LogP contribution < -0.4 is 4.89 Å². The van der Waals surface area contributed by atoms with Crippen molar-refractivity contribution in [1.82, 2.24) is 0 Å². The minimum atomic E-state index is -4.63. The van der Waals surface area contributed by atoms with Crippen LogP contribution in [-0.2, 0) is 32.7 Å². The smallest absolute Gasteiger partial charge is 0.306 e. The molecule has 0 aromatic carbocycles. The molecule has 0 spiro atoms. The molecule has 0 bridgehead atoms. The lowest BCUT2D eigenvalue weighted by atomic mass is 10.1. The van der Waals surface area contributed by atoms with Gasteiger partial charge in [-0.15, -0.1) is 0 Å². The lowest BCUT2D eigenvalue weighted by Gasteiger charge is -2.28. The monoisotopic (exact) mass is 840 g/mol. The number of hydrogen-bond acceptors (Lipinski definition) is 8. The summed E-state index contributed by atoms with van der Waals surface area (Å²) in [6, 6.07) is 0. The minimum Gasteiger partial charge on any atom is -0.756 e. The van der Waals surface area contributed by atoms with Crippen molar-refractivity contribution in [3.63, 3.8) is 0 Å². The topological polar surface area (TPSA) is 111 Å². The summed E-state index contributed by atoms with van der Waals surface area (Å²) in [6.07, 6.45) is 45.9. The van der Waals surface area contributed by atoms with Crippen LogP contribution in [0.4, 0.5) is 0 Å². The van der Waals surface area contributed by atoms with E-state index in [1.54, 1.807) is 0 Å². The Bertz CT molecular complexity index is 1090. The first-order chi connectivity index (χ1) is 28.0. The van der Waals surface area contributed by atoms with Gasteiger partial charge in [0.05, 0.1) is 27.7 Å². The van der Waals surface area contributed by atoms with Gasteiger partial charge < -0.3 is 27.9 Å². The fraction of sp³-hybridized carbons (Fsp3) is 0.833. The quantitative estimate of drug-likeness (QED) is 0.0196. The number of phosphoric acid groups is 1. The van der Waals surface area contributed by atoms with Gasteiger partial charge in [-0.3, -0.25) is 14.2 Å². The van der Waals surface area contributed by atoms with E-state index in [0.717, 1.165) is 70.6 Å². The van der Waals surface area contributed by atoms with Gasteiger partial charge >= 0.3 is 11.9 Å². The van der Waals surface area contributed by atoms with Crippen molar-refractivity contribution in [3.8, 4) is 0 Å². The highest BCUT2D eigenvalue weighted by Crippen LogP contribution is 2.38. The Morgan fingerprint density at radius 2 is 0.931 bits per heavy atom. The van der Waals surface area contributed by atoms with Crippen LogP contribution in [-0.4, -0.2) is 70.0 Å². The molecule has 1 unspecified atom stereocenters. The van der Waals surface area contributed by atoms with E-state index in [9.17, 15) is 19.0 Å². The minimum absolute atomic E-state index is 0.0344. The van der Waals surface area contributed by atoms with E-state index in [1.807, 2.05) is 21.1 Å². The maximum absolute atomic E-state index is 12.7. The van der Waals surface area contributed by atoms with Gasteiger partial charge in [0, 0.05) is 12.8 Å². The second kappa shape index (κ2) is 40.6. The van der Waals surface area contributed by atoms with Crippen LogP contribution in [0.25, 0.3) is 0 Å². The standard InChI is InChI=1S/C48H90NO8P/c1-6-8-10-12-14-16-18-20-22-23-24-25-27-28-30-32-34-36-38-40-47(50)54-44-46(45-56-58(52,53)55-43-42-49(3,4)5)57-48(51)41-39-37-35-33-31-29-26-21-19-17-15-13-11-9-7-2/h15,17,21,23-24,26,46H,6-14,16,18-20,22,25,27-45H2,1-5H3/b17-15-,24-23-,26-21-/t46-/m1/s1. The van der Waals surface area contributed by atoms with E-state index in [-0.39, 0.29) is 26.1 Å². The van der Waals surface area contributed by atoms with Crippen molar-refractivity contribution < 1.29 is 42.1 Å². The molecule has 0 aromatic heterocycles. The summed E-state index contributed by atoms with van der Waals surface area (Å²) in [6.45, 7) is 4.19. The van der Waals surface area contributed by atoms with E-state index < -0.39 is 32.5 Å². The van der Waals surface area contributed by atoms with Crippen molar-refractivity contribution in [2.45, 2.75) is 213 Å². The lowest BCUT2D eigenvalue weighted by Crippen LogP contribution is -2.37. The Balaban J connectivity index is 4.32. The van der Waals surface area contributed by atoms with Gasteiger partial charge in [0.25, 0.3) is 7.82 Å². The van der Waals surface area contributed by atoms with Crippen LogP contribution in [0.2, 0.25) is 0 Å². The molecule has 10 heteroatoms. The molecule has 0 rings (SSSR count). The van der Waals surface area contributed by atoms with Gasteiger partial charge in [-0.25, -0.2) is 0 Å². The number of esters is 2. The predicted molar refractivity (Wildman–Crippen MR) is 241 cm³/mol. The van der Waals surface area contributed by atoms with Gasteiger partial charge in [0.2, 0.25) is 0 Å². The first-order valence-corrected chi connectivity index (χ1v) is 25.2. The molecular weight excluding hydrogens is 750 g/mol. The lowest BCUT2D eigenvalue weighted by molar-refractivity contribution is -0.870. The summed E-state index contributed by atoms with van der Waals surface area (Å²) in [5.74, 6) is -0.852. The number of unbranched alkanes of at least 4 members (excludes halogenated alkanes) is 23. The second-order valence-electron chi connectivity index (χ2n) is 17.1. The zero-order valence-electron chi connectivity index (χ0n) is 38.2. The number of quaternary nitrogens is 1. The molecule has 0 aliphatic heterocycles. The fourth-order valence-corrected chi connectivity index (χ4v) is 7.11. The van der Waals surface area contributed by atoms with Gasteiger partial charge in [-0.2, -0.15) is 0 Å². The van der Waals surface area contributed by atoms with Gasteiger partial charge in [-0.1, -0.05) is 159 Å². The largest absolute Gasteiger partial charge is 0.756 e. The number of likely N-dealkylation sites (N-methyl/N-ethyl adjacent to an activating group) is 1. The van der Waals surface area contributed by atoms with E-state index in [2.05, 4.69) is 50.3 Å². The molecule has 0 aromatic rings. The highest BCUT2D eigenvalue weighted by Gasteiger charge is 2.21. The molecule has 58 heavy (non-hydrogen) atoms. The number of allylic oxidation sites excluding steroid dienone is 6. The molecular formula is C48H90NO8P. The van der Waals surface area contributed by atoms with Crippen molar-refractivity contribution >= 4 is 19.8 Å². The molecule has 9 nitrogen and oxygen atoms in total. The third kappa shape index (κ3) is 43.8. The van der Waals surface area contributed by atoms with E-state index in [0.29, 0.717) is 17.4 Å². The predicted octanol–water partition coefficient (Wildman–Crippen LogP) is 13.1. The third-order valence-corrected chi connectivity index (χ3v) is 11.1. The first kappa shape index (κ1) is 56.2. The van der Waals surface area contributed by atoms with Crippen LogP contribution in [0.1, 0.15) is 206 Å².